The lowest BCUT2D eigenvalue weighted by molar-refractivity contribution is 0.181. The molecule has 0 amide bonds. The third-order valence-corrected chi connectivity index (χ3v) is 3.30. The minimum atomic E-state index is -0.108. The Bertz CT molecular complexity index is 477. The number of aliphatic hydroxyl groups is 1. The molecule has 1 N–H and O–H groups in total. The average Bonchev–Trinajstić information content (AvgIpc) is 2.84. The maximum atomic E-state index is 9.51. The minimum absolute atomic E-state index is 0.108. The van der Waals surface area contributed by atoms with Gasteiger partial charge >= 0.3 is 0 Å². The number of hydrogen-bond acceptors (Lipinski definition) is 2. The number of nitrogens with zero attached hydrogens (tertiary/aromatic N) is 2. The topological polar surface area (TPSA) is 37.5 Å². The first-order valence-electron chi connectivity index (χ1n) is 5.44. The lowest BCUT2D eigenvalue weighted by atomic mass is 9.99. The predicted molar refractivity (Wildman–Crippen MR) is 57.8 cm³/mol. The first-order chi connectivity index (χ1) is 7.33. The second-order valence-corrected chi connectivity index (χ2v) is 4.33. The molecule has 0 spiro atoms. The Hall–Kier alpha value is -1.35. The molecule has 3 rings (SSSR count). The molecule has 15 heavy (non-hydrogen) atoms. The summed E-state index contributed by atoms with van der Waals surface area (Å²) in [5.74, 6) is 0.508. The van der Waals surface area contributed by atoms with Crippen molar-refractivity contribution in [1.29, 1.82) is 0 Å². The van der Waals surface area contributed by atoms with E-state index in [4.69, 9.17) is 0 Å². The van der Waals surface area contributed by atoms with Crippen molar-refractivity contribution in [3.63, 3.8) is 0 Å². The van der Waals surface area contributed by atoms with Crippen molar-refractivity contribution in [2.75, 3.05) is 0 Å². The normalized spacial score (nSPS) is 26.2. The molecule has 1 aliphatic rings. The molecular formula is C12H14N2O. The van der Waals surface area contributed by atoms with Gasteiger partial charge in [0.05, 0.1) is 11.6 Å². The number of aliphatic hydroxyl groups excluding tert-OH is 1. The molecule has 1 fully saturated rings. The van der Waals surface area contributed by atoms with Crippen LogP contribution < -0.4 is 0 Å². The molecule has 3 nitrogen and oxygen atoms in total. The standard InChI is InChI=1S/C12H14N2O/c15-12-4-2-9(7-12)10-1-3-11-5-6-13-14(11)8-10/h1,3,5-6,8-9,12,15H,2,4,7H2. The summed E-state index contributed by atoms with van der Waals surface area (Å²) in [7, 11) is 0. The Morgan fingerprint density at radius 3 is 3.00 bits per heavy atom. The van der Waals surface area contributed by atoms with E-state index in [1.54, 1.807) is 0 Å². The highest BCUT2D eigenvalue weighted by Gasteiger charge is 2.24. The van der Waals surface area contributed by atoms with Crippen LogP contribution in [0.1, 0.15) is 30.7 Å². The van der Waals surface area contributed by atoms with E-state index in [9.17, 15) is 5.11 Å². The summed E-state index contributed by atoms with van der Waals surface area (Å²) in [6.45, 7) is 0. The van der Waals surface area contributed by atoms with Crippen molar-refractivity contribution >= 4 is 5.52 Å². The maximum absolute atomic E-state index is 9.51. The SMILES string of the molecule is OC1CCC(c2ccc3ccnn3c2)C1. The van der Waals surface area contributed by atoms with Gasteiger partial charge in [-0.25, -0.2) is 4.52 Å². The van der Waals surface area contributed by atoms with Gasteiger partial charge in [0.25, 0.3) is 0 Å². The number of aromatic nitrogens is 2. The molecule has 0 saturated heterocycles. The van der Waals surface area contributed by atoms with Gasteiger partial charge in [-0.3, -0.25) is 0 Å². The Morgan fingerprint density at radius 1 is 1.27 bits per heavy atom. The zero-order valence-electron chi connectivity index (χ0n) is 8.50. The molecular weight excluding hydrogens is 188 g/mol. The van der Waals surface area contributed by atoms with Gasteiger partial charge in [0.1, 0.15) is 0 Å². The van der Waals surface area contributed by atoms with Crippen LogP contribution in [0.15, 0.2) is 30.6 Å². The van der Waals surface area contributed by atoms with Crippen molar-refractivity contribution in [3.8, 4) is 0 Å². The first kappa shape index (κ1) is 8.92. The molecule has 2 heterocycles. The summed E-state index contributed by atoms with van der Waals surface area (Å²) in [4.78, 5) is 0. The van der Waals surface area contributed by atoms with Crippen molar-refractivity contribution in [2.24, 2.45) is 0 Å². The van der Waals surface area contributed by atoms with Gasteiger partial charge in [0.2, 0.25) is 0 Å². The van der Waals surface area contributed by atoms with Crippen LogP contribution in [-0.4, -0.2) is 20.8 Å². The second-order valence-electron chi connectivity index (χ2n) is 4.33. The van der Waals surface area contributed by atoms with Crippen molar-refractivity contribution < 1.29 is 5.11 Å². The van der Waals surface area contributed by atoms with Crippen LogP contribution >= 0.6 is 0 Å². The van der Waals surface area contributed by atoms with Gasteiger partial charge < -0.3 is 5.11 Å². The highest BCUT2D eigenvalue weighted by atomic mass is 16.3. The second kappa shape index (κ2) is 3.35. The van der Waals surface area contributed by atoms with E-state index in [1.807, 2.05) is 16.8 Å². The van der Waals surface area contributed by atoms with Crippen LogP contribution in [0.25, 0.3) is 5.52 Å². The molecule has 1 saturated carbocycles. The number of pyridine rings is 1. The third-order valence-electron chi connectivity index (χ3n) is 3.30. The summed E-state index contributed by atoms with van der Waals surface area (Å²) < 4.78 is 1.90. The Balaban J connectivity index is 1.97. The maximum Gasteiger partial charge on any atom is 0.0661 e. The third kappa shape index (κ3) is 1.53. The molecule has 2 aromatic heterocycles. The molecule has 0 aromatic carbocycles. The van der Waals surface area contributed by atoms with E-state index in [2.05, 4.69) is 23.4 Å². The van der Waals surface area contributed by atoms with E-state index < -0.39 is 0 Å². The van der Waals surface area contributed by atoms with Gasteiger partial charge in [0.15, 0.2) is 0 Å². The average molecular weight is 202 g/mol. The number of hydrogen-bond donors (Lipinski definition) is 1. The Kier molecular flexibility index (Phi) is 1.99. The zero-order valence-corrected chi connectivity index (χ0v) is 8.50. The summed E-state index contributed by atoms with van der Waals surface area (Å²) in [6.07, 6.45) is 6.70. The van der Waals surface area contributed by atoms with E-state index in [0.29, 0.717) is 5.92 Å². The summed E-state index contributed by atoms with van der Waals surface area (Å²) in [5.41, 5.74) is 2.42. The quantitative estimate of drug-likeness (QED) is 0.767. The van der Waals surface area contributed by atoms with Crippen LogP contribution in [0, 0.1) is 0 Å². The van der Waals surface area contributed by atoms with Gasteiger partial charge in [-0.2, -0.15) is 5.10 Å². The molecule has 2 aromatic rings. The molecule has 2 unspecified atom stereocenters. The van der Waals surface area contributed by atoms with Crippen LogP contribution in [0.5, 0.6) is 0 Å². The van der Waals surface area contributed by atoms with Crippen molar-refractivity contribution in [2.45, 2.75) is 31.3 Å². The molecule has 78 valence electrons. The van der Waals surface area contributed by atoms with E-state index in [1.165, 1.54) is 5.56 Å². The van der Waals surface area contributed by atoms with E-state index in [0.717, 1.165) is 24.8 Å². The van der Waals surface area contributed by atoms with Gasteiger partial charge in [-0.05, 0) is 42.9 Å². The largest absolute Gasteiger partial charge is 0.393 e. The fraction of sp³-hybridized carbons (Fsp3) is 0.417. The monoisotopic (exact) mass is 202 g/mol. The minimum Gasteiger partial charge on any atom is -0.393 e. The first-order valence-corrected chi connectivity index (χ1v) is 5.44. The van der Waals surface area contributed by atoms with Crippen LogP contribution in [0.3, 0.4) is 0 Å². The summed E-state index contributed by atoms with van der Waals surface area (Å²) in [5, 5.41) is 13.7. The summed E-state index contributed by atoms with van der Waals surface area (Å²) in [6, 6.07) is 6.24. The highest BCUT2D eigenvalue weighted by Crippen LogP contribution is 2.34. The molecule has 1 aliphatic carbocycles. The van der Waals surface area contributed by atoms with Gasteiger partial charge in [-0.1, -0.05) is 6.07 Å². The zero-order chi connectivity index (χ0) is 10.3. The molecule has 2 atom stereocenters. The lowest BCUT2D eigenvalue weighted by Gasteiger charge is -2.09. The van der Waals surface area contributed by atoms with Gasteiger partial charge in [-0.15, -0.1) is 0 Å². The van der Waals surface area contributed by atoms with Crippen molar-refractivity contribution in [1.82, 2.24) is 9.61 Å². The lowest BCUT2D eigenvalue weighted by Crippen LogP contribution is -2.00. The molecule has 0 radical (unpaired) electrons. The Morgan fingerprint density at radius 2 is 2.20 bits per heavy atom. The smallest absolute Gasteiger partial charge is 0.0661 e. The van der Waals surface area contributed by atoms with Crippen LogP contribution in [0.2, 0.25) is 0 Å². The fourth-order valence-electron chi connectivity index (χ4n) is 2.43. The highest BCUT2D eigenvalue weighted by molar-refractivity contribution is 5.46. The van der Waals surface area contributed by atoms with Crippen molar-refractivity contribution in [3.05, 3.63) is 36.2 Å². The summed E-state index contributed by atoms with van der Waals surface area (Å²) >= 11 is 0. The van der Waals surface area contributed by atoms with Crippen LogP contribution in [-0.2, 0) is 0 Å². The fourth-order valence-corrected chi connectivity index (χ4v) is 2.43. The molecule has 0 aliphatic heterocycles. The molecule has 3 heteroatoms. The Labute approximate surface area is 88.4 Å². The predicted octanol–water partition coefficient (Wildman–Crippen LogP) is 1.96. The number of rotatable bonds is 1. The molecule has 0 bridgehead atoms. The van der Waals surface area contributed by atoms with E-state index >= 15 is 0 Å². The van der Waals surface area contributed by atoms with Crippen LogP contribution in [0.4, 0.5) is 0 Å². The van der Waals surface area contributed by atoms with E-state index in [-0.39, 0.29) is 6.10 Å². The number of fused-ring (bicyclic) bond motifs is 1. The van der Waals surface area contributed by atoms with Gasteiger partial charge in [0, 0.05) is 12.4 Å².